The average molecular weight is 237 g/mol. The number of anilines is 1. The number of halogens is 1. The highest BCUT2D eigenvalue weighted by atomic mass is 35.5. The fourth-order valence-corrected chi connectivity index (χ4v) is 1.42. The van der Waals surface area contributed by atoms with Crippen molar-refractivity contribution in [2.24, 2.45) is 0 Å². The van der Waals surface area contributed by atoms with E-state index in [2.05, 4.69) is 0 Å². The van der Waals surface area contributed by atoms with Crippen LogP contribution in [-0.4, -0.2) is 18.8 Å². The molecule has 0 N–H and O–H groups in total. The second-order valence-corrected chi connectivity index (χ2v) is 3.78. The quantitative estimate of drug-likeness (QED) is 0.754. The summed E-state index contributed by atoms with van der Waals surface area (Å²) in [7, 11) is 1.72. The standard InChI is InChI=1S/C12H13ClN2O/c1-15(12(16)3-2-8-13)11-6-4-10(9-14)5-7-11/h4-7H,2-3,8H2,1H3. The van der Waals surface area contributed by atoms with Crippen LogP contribution in [0.3, 0.4) is 0 Å². The minimum Gasteiger partial charge on any atom is -0.316 e. The highest BCUT2D eigenvalue weighted by molar-refractivity contribution is 6.18. The van der Waals surface area contributed by atoms with Crippen LogP contribution in [0.4, 0.5) is 5.69 Å². The normalized spacial score (nSPS) is 9.56. The number of carbonyl (C=O) groups is 1. The molecule has 0 heterocycles. The topological polar surface area (TPSA) is 44.1 Å². The Morgan fingerprint density at radius 2 is 2.06 bits per heavy atom. The molecule has 0 aromatic heterocycles. The van der Waals surface area contributed by atoms with Gasteiger partial charge in [-0.25, -0.2) is 0 Å². The van der Waals surface area contributed by atoms with Gasteiger partial charge in [0.25, 0.3) is 0 Å². The summed E-state index contributed by atoms with van der Waals surface area (Å²) in [6.45, 7) is 0. The van der Waals surface area contributed by atoms with Crippen LogP contribution in [0.15, 0.2) is 24.3 Å². The Morgan fingerprint density at radius 3 is 2.56 bits per heavy atom. The molecule has 0 aliphatic rings. The van der Waals surface area contributed by atoms with E-state index in [0.29, 0.717) is 24.3 Å². The van der Waals surface area contributed by atoms with Gasteiger partial charge in [-0.2, -0.15) is 5.26 Å². The first kappa shape index (κ1) is 12.5. The van der Waals surface area contributed by atoms with E-state index >= 15 is 0 Å². The van der Waals surface area contributed by atoms with Gasteiger partial charge in [-0.1, -0.05) is 0 Å². The molecule has 0 fully saturated rings. The molecular formula is C12H13ClN2O. The van der Waals surface area contributed by atoms with Crippen molar-refractivity contribution in [1.29, 1.82) is 5.26 Å². The maximum absolute atomic E-state index is 11.7. The van der Waals surface area contributed by atoms with E-state index in [1.807, 2.05) is 6.07 Å². The maximum Gasteiger partial charge on any atom is 0.226 e. The van der Waals surface area contributed by atoms with Gasteiger partial charge >= 0.3 is 0 Å². The van der Waals surface area contributed by atoms with Crippen LogP contribution in [0, 0.1) is 11.3 Å². The van der Waals surface area contributed by atoms with Gasteiger partial charge in [0.1, 0.15) is 0 Å². The molecule has 0 spiro atoms. The van der Waals surface area contributed by atoms with E-state index in [1.165, 1.54) is 0 Å². The first-order valence-corrected chi connectivity index (χ1v) is 5.55. The summed E-state index contributed by atoms with van der Waals surface area (Å²) < 4.78 is 0. The lowest BCUT2D eigenvalue weighted by Gasteiger charge is -2.16. The molecule has 1 aromatic carbocycles. The molecule has 3 nitrogen and oxygen atoms in total. The Hall–Kier alpha value is -1.53. The molecule has 84 valence electrons. The van der Waals surface area contributed by atoms with Gasteiger partial charge in [-0.15, -0.1) is 11.6 Å². The molecule has 0 saturated carbocycles. The molecule has 0 radical (unpaired) electrons. The summed E-state index contributed by atoms with van der Waals surface area (Å²) in [6.07, 6.45) is 1.13. The van der Waals surface area contributed by atoms with Crippen molar-refractivity contribution in [2.45, 2.75) is 12.8 Å². The van der Waals surface area contributed by atoms with E-state index in [1.54, 1.807) is 36.2 Å². The number of rotatable bonds is 4. The zero-order valence-electron chi connectivity index (χ0n) is 9.11. The highest BCUT2D eigenvalue weighted by Crippen LogP contribution is 2.14. The summed E-state index contributed by atoms with van der Waals surface area (Å²) in [4.78, 5) is 13.2. The van der Waals surface area contributed by atoms with Crippen molar-refractivity contribution < 1.29 is 4.79 Å². The van der Waals surface area contributed by atoms with Gasteiger partial charge in [-0.3, -0.25) is 4.79 Å². The molecule has 0 saturated heterocycles. The van der Waals surface area contributed by atoms with E-state index in [9.17, 15) is 4.79 Å². The third kappa shape index (κ3) is 3.25. The first-order valence-electron chi connectivity index (χ1n) is 5.01. The highest BCUT2D eigenvalue weighted by Gasteiger charge is 2.09. The minimum absolute atomic E-state index is 0.0327. The van der Waals surface area contributed by atoms with Crippen LogP contribution in [-0.2, 0) is 4.79 Å². The lowest BCUT2D eigenvalue weighted by Crippen LogP contribution is -2.25. The minimum atomic E-state index is 0.0327. The van der Waals surface area contributed by atoms with Crippen molar-refractivity contribution in [2.75, 3.05) is 17.8 Å². The first-order chi connectivity index (χ1) is 7.69. The molecule has 1 aromatic rings. The summed E-state index contributed by atoms with van der Waals surface area (Å²) in [6, 6.07) is 8.95. The van der Waals surface area contributed by atoms with Crippen molar-refractivity contribution >= 4 is 23.2 Å². The van der Waals surface area contributed by atoms with Gasteiger partial charge in [0, 0.05) is 25.0 Å². The van der Waals surface area contributed by atoms with Gasteiger partial charge < -0.3 is 4.90 Å². The molecule has 0 aliphatic carbocycles. The Kier molecular flexibility index (Phi) is 4.81. The fraction of sp³-hybridized carbons (Fsp3) is 0.333. The van der Waals surface area contributed by atoms with Crippen molar-refractivity contribution in [3.63, 3.8) is 0 Å². The maximum atomic E-state index is 11.7. The lowest BCUT2D eigenvalue weighted by molar-refractivity contribution is -0.118. The third-order valence-electron chi connectivity index (χ3n) is 2.28. The second-order valence-electron chi connectivity index (χ2n) is 3.40. The number of carbonyl (C=O) groups excluding carboxylic acids is 1. The molecule has 1 amide bonds. The van der Waals surface area contributed by atoms with Crippen LogP contribution < -0.4 is 4.90 Å². The lowest BCUT2D eigenvalue weighted by atomic mass is 10.2. The number of nitrogens with zero attached hydrogens (tertiary/aromatic N) is 2. The Labute approximate surface area is 100 Å². The van der Waals surface area contributed by atoms with Gasteiger partial charge in [0.15, 0.2) is 0 Å². The second kappa shape index (κ2) is 6.14. The predicted octanol–water partition coefficient (Wildman–Crippen LogP) is 2.54. The molecule has 0 bridgehead atoms. The van der Waals surface area contributed by atoms with Gasteiger partial charge in [-0.05, 0) is 30.7 Å². The summed E-state index contributed by atoms with van der Waals surface area (Å²) in [5.74, 6) is 0.526. The van der Waals surface area contributed by atoms with E-state index in [0.717, 1.165) is 5.69 Å². The molecule has 0 unspecified atom stereocenters. The van der Waals surface area contributed by atoms with Crippen molar-refractivity contribution in [1.82, 2.24) is 0 Å². The molecule has 16 heavy (non-hydrogen) atoms. The zero-order chi connectivity index (χ0) is 12.0. The molecular weight excluding hydrogens is 224 g/mol. The Bertz CT molecular complexity index is 394. The number of hydrogen-bond acceptors (Lipinski definition) is 2. The summed E-state index contributed by atoms with van der Waals surface area (Å²) in [5.41, 5.74) is 1.38. The molecule has 0 atom stereocenters. The number of hydrogen-bond donors (Lipinski definition) is 0. The fourth-order valence-electron chi connectivity index (χ4n) is 1.29. The molecule has 4 heteroatoms. The third-order valence-corrected chi connectivity index (χ3v) is 2.55. The van der Waals surface area contributed by atoms with Crippen molar-refractivity contribution in [3.8, 4) is 6.07 Å². The van der Waals surface area contributed by atoms with Gasteiger partial charge in [0.05, 0.1) is 11.6 Å². The molecule has 0 aliphatic heterocycles. The Morgan fingerprint density at radius 1 is 1.44 bits per heavy atom. The van der Waals surface area contributed by atoms with Crippen LogP contribution in [0.25, 0.3) is 0 Å². The van der Waals surface area contributed by atoms with E-state index < -0.39 is 0 Å². The number of benzene rings is 1. The SMILES string of the molecule is CN(C(=O)CCCCl)c1ccc(C#N)cc1. The van der Waals surface area contributed by atoms with Crippen LogP contribution in [0.5, 0.6) is 0 Å². The van der Waals surface area contributed by atoms with Crippen molar-refractivity contribution in [3.05, 3.63) is 29.8 Å². The average Bonchev–Trinajstić information content (AvgIpc) is 2.35. The van der Waals surface area contributed by atoms with Crippen LogP contribution >= 0.6 is 11.6 Å². The summed E-state index contributed by atoms with van der Waals surface area (Å²) in [5, 5.41) is 8.65. The number of amides is 1. The van der Waals surface area contributed by atoms with E-state index in [4.69, 9.17) is 16.9 Å². The monoisotopic (exact) mass is 236 g/mol. The van der Waals surface area contributed by atoms with E-state index in [-0.39, 0.29) is 5.91 Å². The zero-order valence-corrected chi connectivity index (χ0v) is 9.87. The summed E-state index contributed by atoms with van der Waals surface area (Å²) >= 11 is 5.53. The number of alkyl halides is 1. The predicted molar refractivity (Wildman–Crippen MR) is 64.5 cm³/mol. The van der Waals surface area contributed by atoms with Crippen LogP contribution in [0.1, 0.15) is 18.4 Å². The van der Waals surface area contributed by atoms with Crippen LogP contribution in [0.2, 0.25) is 0 Å². The number of nitriles is 1. The molecule has 1 rings (SSSR count). The smallest absolute Gasteiger partial charge is 0.226 e. The van der Waals surface area contributed by atoms with Gasteiger partial charge in [0.2, 0.25) is 5.91 Å². The largest absolute Gasteiger partial charge is 0.316 e. The Balaban J connectivity index is 2.69.